The molecule has 0 aliphatic heterocycles. The third-order valence-electron chi connectivity index (χ3n) is 2.32. The smallest absolute Gasteiger partial charge is 0.349 e. The third kappa shape index (κ3) is 3.60. The van der Waals surface area contributed by atoms with E-state index in [2.05, 4.69) is 41.8 Å². The maximum atomic E-state index is 10.9. The molecule has 7 nitrogen and oxygen atoms in total. The number of ether oxygens (including phenoxy) is 2. The van der Waals surface area contributed by atoms with Crippen molar-refractivity contribution in [2.45, 2.75) is 0 Å². The lowest BCUT2D eigenvalue weighted by molar-refractivity contribution is -0.386. The van der Waals surface area contributed by atoms with Gasteiger partial charge in [-0.25, -0.2) is 4.98 Å². The number of nitro groups is 1. The van der Waals surface area contributed by atoms with Gasteiger partial charge < -0.3 is 9.47 Å². The molecule has 21 heavy (non-hydrogen) atoms. The lowest BCUT2D eigenvalue weighted by Gasteiger charge is -2.10. The van der Waals surface area contributed by atoms with Crippen molar-refractivity contribution in [2.75, 3.05) is 7.11 Å². The molecular formula is C11H6Br2ClN3O4. The normalized spacial score (nSPS) is 10.3. The van der Waals surface area contributed by atoms with Gasteiger partial charge in [-0.15, -0.1) is 0 Å². The summed E-state index contributed by atoms with van der Waals surface area (Å²) in [6, 6.07) is 3.23. The summed E-state index contributed by atoms with van der Waals surface area (Å²) in [5.41, 5.74) is -0.391. The molecule has 1 aromatic carbocycles. The van der Waals surface area contributed by atoms with Crippen LogP contribution >= 0.6 is 43.5 Å². The number of hydrogen-bond acceptors (Lipinski definition) is 6. The Balaban J connectivity index is 2.45. The van der Waals surface area contributed by atoms with Gasteiger partial charge in [0, 0.05) is 0 Å². The molecule has 1 aromatic heterocycles. The molecule has 0 saturated heterocycles. The van der Waals surface area contributed by atoms with E-state index in [9.17, 15) is 10.1 Å². The predicted molar refractivity (Wildman–Crippen MR) is 82.2 cm³/mol. The van der Waals surface area contributed by atoms with Gasteiger partial charge in [-0.2, -0.15) is 4.98 Å². The van der Waals surface area contributed by atoms with Gasteiger partial charge in [0.2, 0.25) is 5.28 Å². The quantitative estimate of drug-likeness (QED) is 0.400. The summed E-state index contributed by atoms with van der Waals surface area (Å²) < 4.78 is 11.7. The monoisotopic (exact) mass is 437 g/mol. The molecule has 10 heteroatoms. The fourth-order valence-electron chi connectivity index (χ4n) is 1.39. The van der Waals surface area contributed by atoms with Crippen LogP contribution in [0.5, 0.6) is 17.4 Å². The van der Waals surface area contributed by atoms with Gasteiger partial charge >= 0.3 is 11.6 Å². The number of benzene rings is 1. The van der Waals surface area contributed by atoms with E-state index in [-0.39, 0.29) is 11.2 Å². The summed E-state index contributed by atoms with van der Waals surface area (Å²) in [4.78, 5) is 17.6. The highest BCUT2D eigenvalue weighted by atomic mass is 79.9. The van der Waals surface area contributed by atoms with Gasteiger partial charge in [-0.3, -0.25) is 10.1 Å². The molecule has 0 saturated carbocycles. The van der Waals surface area contributed by atoms with Crippen LogP contribution in [0.25, 0.3) is 0 Å². The molecule has 0 N–H and O–H groups in total. The molecule has 0 unspecified atom stereocenters. The Hall–Kier alpha value is -1.45. The third-order valence-corrected chi connectivity index (χ3v) is 3.74. The van der Waals surface area contributed by atoms with Gasteiger partial charge in [0.05, 0.1) is 21.0 Å². The summed E-state index contributed by atoms with van der Waals surface area (Å²) >= 11 is 12.2. The maximum absolute atomic E-state index is 10.9. The van der Waals surface area contributed by atoms with Gasteiger partial charge in [0.1, 0.15) is 17.7 Å². The van der Waals surface area contributed by atoms with Crippen LogP contribution in [0.15, 0.2) is 27.3 Å². The number of methoxy groups -OCH3 is 1. The van der Waals surface area contributed by atoms with E-state index in [4.69, 9.17) is 21.1 Å². The first kappa shape index (κ1) is 15.9. The van der Waals surface area contributed by atoms with E-state index in [1.54, 1.807) is 12.1 Å². The Morgan fingerprint density at radius 1 is 1.29 bits per heavy atom. The zero-order valence-electron chi connectivity index (χ0n) is 10.3. The van der Waals surface area contributed by atoms with Crippen molar-refractivity contribution in [2.24, 2.45) is 0 Å². The molecule has 110 valence electrons. The second kappa shape index (κ2) is 6.54. The van der Waals surface area contributed by atoms with E-state index < -0.39 is 10.6 Å². The fraction of sp³-hybridized carbons (Fsp3) is 0.0909. The van der Waals surface area contributed by atoms with Gasteiger partial charge in [-0.05, 0) is 55.6 Å². The first-order valence-corrected chi connectivity index (χ1v) is 7.26. The van der Waals surface area contributed by atoms with Crippen LogP contribution in [0.4, 0.5) is 5.69 Å². The number of rotatable bonds is 4. The van der Waals surface area contributed by atoms with E-state index in [0.717, 1.165) is 6.20 Å². The first-order chi connectivity index (χ1) is 9.92. The Morgan fingerprint density at radius 3 is 2.52 bits per heavy atom. The molecule has 2 rings (SSSR count). The molecule has 1 heterocycles. The molecule has 0 fully saturated rings. The summed E-state index contributed by atoms with van der Waals surface area (Å²) in [6.45, 7) is 0. The Kier molecular flexibility index (Phi) is 4.96. The summed E-state index contributed by atoms with van der Waals surface area (Å²) in [5, 5.41) is 10.8. The lowest BCUT2D eigenvalue weighted by atomic mass is 10.3. The zero-order chi connectivity index (χ0) is 15.6. The molecule has 0 bridgehead atoms. The summed E-state index contributed by atoms with van der Waals surface area (Å²) in [7, 11) is 1.52. The molecule has 2 aromatic rings. The van der Waals surface area contributed by atoms with Crippen LogP contribution < -0.4 is 9.47 Å². The second-order valence-electron chi connectivity index (χ2n) is 3.61. The molecule has 0 aliphatic rings. The van der Waals surface area contributed by atoms with Crippen molar-refractivity contribution >= 4 is 49.1 Å². The standard InChI is InChI=1S/C11H6Br2ClN3O4/c1-20-8-2-6(13)9(3-5(8)12)21-10-7(17(18)19)4-15-11(14)16-10/h2-4H,1H3. The van der Waals surface area contributed by atoms with Gasteiger partial charge in [0.25, 0.3) is 0 Å². The molecular weight excluding hydrogens is 433 g/mol. The molecule has 0 aliphatic carbocycles. The van der Waals surface area contributed by atoms with Crippen molar-refractivity contribution < 1.29 is 14.4 Å². The minimum atomic E-state index is -0.655. The first-order valence-electron chi connectivity index (χ1n) is 5.30. The van der Waals surface area contributed by atoms with Crippen molar-refractivity contribution in [3.8, 4) is 17.4 Å². The van der Waals surface area contributed by atoms with Crippen LogP contribution in [0.2, 0.25) is 5.28 Å². The van der Waals surface area contributed by atoms with Crippen molar-refractivity contribution in [3.05, 3.63) is 42.7 Å². The van der Waals surface area contributed by atoms with Crippen LogP contribution in [0.1, 0.15) is 0 Å². The SMILES string of the molecule is COc1cc(Br)c(Oc2nc(Cl)ncc2[N+](=O)[O-])cc1Br. The van der Waals surface area contributed by atoms with Crippen LogP contribution in [0.3, 0.4) is 0 Å². The topological polar surface area (TPSA) is 87.4 Å². The highest BCUT2D eigenvalue weighted by molar-refractivity contribution is 9.11. The number of hydrogen-bond donors (Lipinski definition) is 0. The minimum Gasteiger partial charge on any atom is -0.496 e. The number of nitrogens with zero attached hydrogens (tertiary/aromatic N) is 3. The highest BCUT2D eigenvalue weighted by Crippen LogP contribution is 2.39. The second-order valence-corrected chi connectivity index (χ2v) is 5.65. The average molecular weight is 439 g/mol. The largest absolute Gasteiger partial charge is 0.496 e. The Morgan fingerprint density at radius 2 is 1.90 bits per heavy atom. The van der Waals surface area contributed by atoms with E-state index in [1.807, 2.05) is 0 Å². The number of aromatic nitrogens is 2. The summed E-state index contributed by atoms with van der Waals surface area (Å²) in [6.07, 6.45) is 0.983. The van der Waals surface area contributed by atoms with Gasteiger partial charge in [-0.1, -0.05) is 0 Å². The Bertz CT molecular complexity index is 714. The molecule has 0 spiro atoms. The molecule has 0 atom stereocenters. The van der Waals surface area contributed by atoms with Crippen molar-refractivity contribution in [3.63, 3.8) is 0 Å². The van der Waals surface area contributed by atoms with Crippen LogP contribution in [0, 0.1) is 10.1 Å². The number of halogens is 3. The molecule has 0 radical (unpaired) electrons. The minimum absolute atomic E-state index is 0.153. The maximum Gasteiger partial charge on any atom is 0.349 e. The van der Waals surface area contributed by atoms with Gasteiger partial charge in [0.15, 0.2) is 0 Å². The van der Waals surface area contributed by atoms with Crippen LogP contribution in [-0.2, 0) is 0 Å². The lowest BCUT2D eigenvalue weighted by Crippen LogP contribution is -1.98. The molecule has 0 amide bonds. The Labute approximate surface area is 140 Å². The average Bonchev–Trinajstić information content (AvgIpc) is 2.42. The van der Waals surface area contributed by atoms with Crippen molar-refractivity contribution in [1.82, 2.24) is 9.97 Å². The van der Waals surface area contributed by atoms with Crippen LogP contribution in [-0.4, -0.2) is 22.0 Å². The van der Waals surface area contributed by atoms with E-state index in [1.165, 1.54) is 7.11 Å². The highest BCUT2D eigenvalue weighted by Gasteiger charge is 2.21. The van der Waals surface area contributed by atoms with E-state index >= 15 is 0 Å². The zero-order valence-corrected chi connectivity index (χ0v) is 14.3. The summed E-state index contributed by atoms with van der Waals surface area (Å²) in [5.74, 6) is 0.628. The van der Waals surface area contributed by atoms with Crippen molar-refractivity contribution in [1.29, 1.82) is 0 Å². The predicted octanol–water partition coefficient (Wildman–Crippen LogP) is 4.36. The van der Waals surface area contributed by atoms with E-state index in [0.29, 0.717) is 20.4 Å². The fourth-order valence-corrected chi connectivity index (χ4v) is 2.40.